The number of hydrogen-bond acceptors (Lipinski definition) is 3. The molecule has 18 heavy (non-hydrogen) atoms. The molecule has 1 fully saturated rings. The van der Waals surface area contributed by atoms with Gasteiger partial charge >= 0.3 is 0 Å². The Balaban J connectivity index is 2.74. The van der Waals surface area contributed by atoms with Gasteiger partial charge in [0.1, 0.15) is 5.84 Å². The summed E-state index contributed by atoms with van der Waals surface area (Å²) in [5.74, 6) is 0.413. The number of nitrogens with two attached hydrogens (primary N) is 1. The predicted molar refractivity (Wildman–Crippen MR) is 74.1 cm³/mol. The minimum atomic E-state index is -3.35. The normalized spacial score (nSPS) is 19.9. The van der Waals surface area contributed by atoms with Crippen LogP contribution in [0.2, 0.25) is 0 Å². The maximum atomic E-state index is 12.0. The summed E-state index contributed by atoms with van der Waals surface area (Å²) in [5.41, 5.74) is 4.80. The summed E-state index contributed by atoms with van der Waals surface area (Å²) in [6, 6.07) is 0. The molecule has 0 heterocycles. The highest BCUT2D eigenvalue weighted by Gasteiger charge is 2.38. The third-order valence-electron chi connectivity index (χ3n) is 3.54. The maximum Gasteiger partial charge on any atom is 0.212 e. The number of amidine groups is 1. The molecule has 0 atom stereocenters. The van der Waals surface area contributed by atoms with Gasteiger partial charge in [0.2, 0.25) is 10.0 Å². The first-order valence-electron chi connectivity index (χ1n) is 6.63. The zero-order chi connectivity index (χ0) is 13.8. The molecule has 0 bridgehead atoms. The Morgan fingerprint density at radius 3 is 2.33 bits per heavy atom. The van der Waals surface area contributed by atoms with Gasteiger partial charge in [0.15, 0.2) is 0 Å². The number of sulfonamides is 1. The lowest BCUT2D eigenvalue weighted by molar-refractivity contribution is 0.348. The highest BCUT2D eigenvalue weighted by molar-refractivity contribution is 7.89. The Bertz CT molecular complexity index is 384. The summed E-state index contributed by atoms with van der Waals surface area (Å²) in [5, 5.41) is 7.68. The minimum Gasteiger partial charge on any atom is -0.386 e. The van der Waals surface area contributed by atoms with E-state index >= 15 is 0 Å². The van der Waals surface area contributed by atoms with E-state index in [0.29, 0.717) is 25.2 Å². The summed E-state index contributed by atoms with van der Waals surface area (Å²) in [4.78, 5) is 0. The van der Waals surface area contributed by atoms with Gasteiger partial charge in [-0.1, -0.05) is 33.1 Å². The van der Waals surface area contributed by atoms with E-state index in [9.17, 15) is 8.42 Å². The smallest absolute Gasteiger partial charge is 0.212 e. The molecular formula is C12H25N3O2S. The van der Waals surface area contributed by atoms with E-state index in [1.807, 2.05) is 13.8 Å². The predicted octanol–water partition coefficient (Wildman–Crippen LogP) is 1.59. The third-order valence-corrected chi connectivity index (χ3v) is 5.01. The van der Waals surface area contributed by atoms with Gasteiger partial charge < -0.3 is 5.73 Å². The summed E-state index contributed by atoms with van der Waals surface area (Å²) in [6.45, 7) is 3.99. The van der Waals surface area contributed by atoms with Crippen LogP contribution in [0.15, 0.2) is 0 Å². The Labute approximate surface area is 110 Å². The van der Waals surface area contributed by atoms with Crippen molar-refractivity contribution in [3.8, 4) is 0 Å². The van der Waals surface area contributed by atoms with E-state index in [-0.39, 0.29) is 11.6 Å². The number of nitrogens with one attached hydrogen (secondary N) is 2. The summed E-state index contributed by atoms with van der Waals surface area (Å²) >= 11 is 0. The minimum absolute atomic E-state index is 0.0460. The van der Waals surface area contributed by atoms with Crippen LogP contribution in [0, 0.1) is 11.3 Å². The lowest BCUT2D eigenvalue weighted by Crippen LogP contribution is -2.58. The van der Waals surface area contributed by atoms with Crippen LogP contribution >= 0.6 is 0 Å². The third kappa shape index (κ3) is 4.24. The van der Waals surface area contributed by atoms with Gasteiger partial charge in [0, 0.05) is 0 Å². The van der Waals surface area contributed by atoms with Crippen molar-refractivity contribution in [2.24, 2.45) is 11.7 Å². The van der Waals surface area contributed by atoms with Gasteiger partial charge in [-0.2, -0.15) is 0 Å². The Kier molecular flexibility index (Phi) is 5.16. The van der Waals surface area contributed by atoms with Gasteiger partial charge in [-0.05, 0) is 25.2 Å². The van der Waals surface area contributed by atoms with Crippen LogP contribution in [0.1, 0.15) is 52.4 Å². The molecule has 106 valence electrons. The van der Waals surface area contributed by atoms with Crippen molar-refractivity contribution in [1.82, 2.24) is 4.72 Å². The van der Waals surface area contributed by atoms with Crippen molar-refractivity contribution in [3.05, 3.63) is 0 Å². The molecule has 0 aromatic heterocycles. The Morgan fingerprint density at radius 1 is 1.33 bits per heavy atom. The molecule has 0 aliphatic heterocycles. The zero-order valence-corrected chi connectivity index (χ0v) is 12.1. The molecule has 1 aliphatic carbocycles. The SMILES string of the molecule is CC(C)CCS(=O)(=O)NC1(C(=N)N)CCCCC1. The number of hydrogen-bond donors (Lipinski definition) is 3. The van der Waals surface area contributed by atoms with Crippen LogP contribution in [-0.2, 0) is 10.0 Å². The van der Waals surface area contributed by atoms with Crippen molar-refractivity contribution in [3.63, 3.8) is 0 Å². The van der Waals surface area contributed by atoms with Crippen LogP contribution in [0.4, 0.5) is 0 Å². The van der Waals surface area contributed by atoms with E-state index < -0.39 is 15.6 Å². The van der Waals surface area contributed by atoms with Crippen molar-refractivity contribution in [2.45, 2.75) is 57.9 Å². The second-order valence-electron chi connectivity index (χ2n) is 5.66. The van der Waals surface area contributed by atoms with Gasteiger partial charge in [-0.3, -0.25) is 5.41 Å². The number of rotatable bonds is 6. The topological polar surface area (TPSA) is 96.0 Å². The zero-order valence-electron chi connectivity index (χ0n) is 11.3. The van der Waals surface area contributed by atoms with Crippen LogP contribution in [0.3, 0.4) is 0 Å². The molecule has 0 aromatic carbocycles. The second-order valence-corrected chi connectivity index (χ2v) is 7.50. The lowest BCUT2D eigenvalue weighted by Gasteiger charge is -2.36. The highest BCUT2D eigenvalue weighted by atomic mass is 32.2. The van der Waals surface area contributed by atoms with Gasteiger partial charge in [-0.25, -0.2) is 13.1 Å². The molecule has 0 radical (unpaired) electrons. The first kappa shape index (κ1) is 15.4. The van der Waals surface area contributed by atoms with Crippen molar-refractivity contribution in [1.29, 1.82) is 5.41 Å². The fourth-order valence-electron chi connectivity index (χ4n) is 2.32. The molecule has 6 heteroatoms. The molecular weight excluding hydrogens is 250 g/mol. The van der Waals surface area contributed by atoms with E-state index in [1.54, 1.807) is 0 Å². The van der Waals surface area contributed by atoms with Crippen LogP contribution in [0.25, 0.3) is 0 Å². The van der Waals surface area contributed by atoms with Gasteiger partial charge in [-0.15, -0.1) is 0 Å². The monoisotopic (exact) mass is 275 g/mol. The van der Waals surface area contributed by atoms with E-state index in [4.69, 9.17) is 11.1 Å². The average Bonchev–Trinajstić information content (AvgIpc) is 2.27. The second kappa shape index (κ2) is 6.02. The quantitative estimate of drug-likeness (QED) is 0.507. The molecule has 0 unspecified atom stereocenters. The van der Waals surface area contributed by atoms with Gasteiger partial charge in [0.05, 0.1) is 11.3 Å². The first-order valence-corrected chi connectivity index (χ1v) is 8.29. The van der Waals surface area contributed by atoms with E-state index in [2.05, 4.69) is 4.72 Å². The van der Waals surface area contributed by atoms with E-state index in [1.165, 1.54) is 0 Å². The molecule has 1 aliphatic rings. The fraction of sp³-hybridized carbons (Fsp3) is 0.917. The molecule has 0 spiro atoms. The summed E-state index contributed by atoms with van der Waals surface area (Å²) in [6.07, 6.45) is 4.84. The molecule has 1 rings (SSSR count). The average molecular weight is 275 g/mol. The lowest BCUT2D eigenvalue weighted by atomic mass is 9.82. The summed E-state index contributed by atoms with van der Waals surface area (Å²) < 4.78 is 26.8. The summed E-state index contributed by atoms with van der Waals surface area (Å²) in [7, 11) is -3.35. The van der Waals surface area contributed by atoms with Crippen LogP contribution in [-0.4, -0.2) is 25.5 Å². The Morgan fingerprint density at radius 2 is 1.89 bits per heavy atom. The van der Waals surface area contributed by atoms with Crippen molar-refractivity contribution in [2.75, 3.05) is 5.75 Å². The first-order chi connectivity index (χ1) is 8.27. The standard InChI is InChI=1S/C12H25N3O2S/c1-10(2)6-9-18(16,17)15-12(11(13)14)7-4-3-5-8-12/h10,15H,3-9H2,1-2H3,(H3,13,14). The highest BCUT2D eigenvalue weighted by Crippen LogP contribution is 2.29. The molecule has 0 aromatic rings. The van der Waals surface area contributed by atoms with Crippen molar-refractivity contribution >= 4 is 15.9 Å². The van der Waals surface area contributed by atoms with E-state index in [0.717, 1.165) is 19.3 Å². The fourth-order valence-corrected chi connectivity index (χ4v) is 4.11. The van der Waals surface area contributed by atoms with Crippen LogP contribution < -0.4 is 10.5 Å². The molecule has 4 N–H and O–H groups in total. The Hall–Kier alpha value is -0.620. The maximum absolute atomic E-state index is 12.0. The largest absolute Gasteiger partial charge is 0.386 e. The van der Waals surface area contributed by atoms with Crippen molar-refractivity contribution < 1.29 is 8.42 Å². The molecule has 1 saturated carbocycles. The molecule has 5 nitrogen and oxygen atoms in total. The van der Waals surface area contributed by atoms with Crippen LogP contribution in [0.5, 0.6) is 0 Å². The molecule has 0 amide bonds. The molecule has 0 saturated heterocycles. The van der Waals surface area contributed by atoms with Gasteiger partial charge in [0.25, 0.3) is 0 Å².